The van der Waals surface area contributed by atoms with E-state index in [9.17, 15) is 5.26 Å². The second kappa shape index (κ2) is 6.83. The molecule has 1 aromatic heterocycles. The van der Waals surface area contributed by atoms with Gasteiger partial charge in [-0.1, -0.05) is 42.1 Å². The van der Waals surface area contributed by atoms with Crippen molar-refractivity contribution in [1.82, 2.24) is 9.88 Å². The van der Waals surface area contributed by atoms with Crippen molar-refractivity contribution in [3.8, 4) is 23.3 Å². The number of hydrogen-bond donors (Lipinski definition) is 0. The number of benzene rings is 1. The Morgan fingerprint density at radius 2 is 2.04 bits per heavy atom. The predicted molar refractivity (Wildman–Crippen MR) is 90.8 cm³/mol. The molecular weight excluding hydrogens is 304 g/mol. The summed E-state index contributed by atoms with van der Waals surface area (Å²) in [4.78, 5) is 6.95. The van der Waals surface area contributed by atoms with Crippen LogP contribution in [-0.4, -0.2) is 29.2 Å². The fourth-order valence-electron chi connectivity index (χ4n) is 2.90. The predicted octanol–water partition coefficient (Wildman–Crippen LogP) is 3.22. The summed E-state index contributed by atoms with van der Waals surface area (Å²) in [5.41, 5.74) is 4.80. The van der Waals surface area contributed by atoms with Crippen LogP contribution in [-0.2, 0) is 13.0 Å². The van der Waals surface area contributed by atoms with Crippen LogP contribution in [0.15, 0.2) is 35.4 Å². The van der Waals surface area contributed by atoms with E-state index in [1.54, 1.807) is 0 Å². The summed E-state index contributed by atoms with van der Waals surface area (Å²) >= 11 is 1.35. The molecule has 1 aliphatic heterocycles. The number of nitrogens with zero attached hydrogens (tertiary/aromatic N) is 4. The van der Waals surface area contributed by atoms with Gasteiger partial charge in [0.05, 0.1) is 17.4 Å². The average molecular weight is 320 g/mol. The maximum atomic E-state index is 9.73. The van der Waals surface area contributed by atoms with Gasteiger partial charge in [-0.25, -0.2) is 4.98 Å². The summed E-state index contributed by atoms with van der Waals surface area (Å²) in [6.07, 6.45) is 0.873. The first-order chi connectivity index (χ1) is 11.2. The number of hydrogen-bond acceptors (Lipinski definition) is 5. The molecule has 0 aliphatic carbocycles. The molecule has 3 rings (SSSR count). The molecule has 0 N–H and O–H groups in total. The quantitative estimate of drug-likeness (QED) is 0.813. The van der Waals surface area contributed by atoms with E-state index in [2.05, 4.69) is 24.1 Å². The molecule has 2 aromatic rings. The van der Waals surface area contributed by atoms with Crippen LogP contribution in [0.3, 0.4) is 0 Å². The highest BCUT2D eigenvalue weighted by Crippen LogP contribution is 2.36. The first kappa shape index (κ1) is 15.6. The van der Waals surface area contributed by atoms with Gasteiger partial charge >= 0.3 is 0 Å². The minimum absolute atomic E-state index is 0.300. The molecule has 1 aliphatic rings. The van der Waals surface area contributed by atoms with Gasteiger partial charge in [0.1, 0.15) is 11.1 Å². The Kier molecular flexibility index (Phi) is 4.62. The Morgan fingerprint density at radius 1 is 1.26 bits per heavy atom. The van der Waals surface area contributed by atoms with E-state index in [-0.39, 0.29) is 0 Å². The Hall–Kier alpha value is -2.34. The van der Waals surface area contributed by atoms with Crippen molar-refractivity contribution in [3.63, 3.8) is 0 Å². The van der Waals surface area contributed by atoms with E-state index in [1.807, 2.05) is 30.3 Å². The smallest absolute Gasteiger partial charge is 0.116 e. The van der Waals surface area contributed by atoms with Gasteiger partial charge in [-0.3, -0.25) is 0 Å². The molecule has 0 spiro atoms. The van der Waals surface area contributed by atoms with Gasteiger partial charge in [0.15, 0.2) is 0 Å². The lowest BCUT2D eigenvalue weighted by Gasteiger charge is -2.27. The van der Waals surface area contributed by atoms with E-state index < -0.39 is 0 Å². The second-order valence-electron chi connectivity index (χ2n) is 5.50. The van der Waals surface area contributed by atoms with Crippen molar-refractivity contribution in [1.29, 1.82) is 10.5 Å². The van der Waals surface area contributed by atoms with Crippen LogP contribution in [0.2, 0.25) is 0 Å². The van der Waals surface area contributed by atoms with Gasteiger partial charge in [0.25, 0.3) is 0 Å². The molecule has 0 saturated carbocycles. The molecule has 0 fully saturated rings. The van der Waals surface area contributed by atoms with Crippen LogP contribution in [0.5, 0.6) is 0 Å². The minimum atomic E-state index is 0.300. The lowest BCUT2D eigenvalue weighted by molar-refractivity contribution is 0.309. The number of likely N-dealkylation sites (N-methyl/N-ethyl adjacent to an activating group) is 1. The maximum absolute atomic E-state index is 9.73. The van der Waals surface area contributed by atoms with Gasteiger partial charge in [-0.15, -0.1) is 0 Å². The summed E-state index contributed by atoms with van der Waals surface area (Å²) in [6, 6.07) is 14.4. The molecule has 0 atom stereocenters. The molecule has 0 unspecified atom stereocenters. The zero-order chi connectivity index (χ0) is 16.2. The van der Waals surface area contributed by atoms with Crippen molar-refractivity contribution < 1.29 is 0 Å². The molecule has 0 amide bonds. The normalized spacial score (nSPS) is 13.9. The molecule has 0 bridgehead atoms. The first-order valence-corrected chi connectivity index (χ1v) is 8.42. The Morgan fingerprint density at radius 3 is 2.74 bits per heavy atom. The number of nitriles is 2. The Balaban J connectivity index is 2.25. The lowest BCUT2D eigenvalue weighted by Crippen LogP contribution is -2.28. The lowest BCUT2D eigenvalue weighted by atomic mass is 9.92. The van der Waals surface area contributed by atoms with E-state index >= 15 is 0 Å². The fourth-order valence-corrected chi connectivity index (χ4v) is 3.57. The molecule has 0 radical (unpaired) electrons. The number of thioether (sulfide) groups is 1. The number of rotatable bonds is 3. The third kappa shape index (κ3) is 3.07. The number of fused-ring (bicyclic) bond motifs is 1. The molecule has 0 saturated heterocycles. The standard InChI is InChI=1S/C18H16N4S/c1-22-9-7-16-15(12-22)17(13-5-3-2-4-6-13)14(11-20)18(21-16)23-10-8-19/h2-6H,7,9-10,12H2,1H3. The van der Waals surface area contributed by atoms with Gasteiger partial charge < -0.3 is 4.90 Å². The Bertz CT molecular complexity index is 802. The molecular formula is C18H16N4S. The van der Waals surface area contributed by atoms with Crippen LogP contribution in [0.25, 0.3) is 11.1 Å². The molecule has 114 valence electrons. The van der Waals surface area contributed by atoms with Crippen molar-refractivity contribution in [2.45, 2.75) is 18.0 Å². The van der Waals surface area contributed by atoms with E-state index in [1.165, 1.54) is 11.8 Å². The maximum Gasteiger partial charge on any atom is 0.116 e. The zero-order valence-electron chi connectivity index (χ0n) is 12.9. The zero-order valence-corrected chi connectivity index (χ0v) is 13.7. The van der Waals surface area contributed by atoms with Gasteiger partial charge in [0, 0.05) is 30.8 Å². The molecule has 2 heterocycles. The van der Waals surface area contributed by atoms with Crippen molar-refractivity contribution >= 4 is 11.8 Å². The van der Waals surface area contributed by atoms with Crippen molar-refractivity contribution in [3.05, 3.63) is 47.2 Å². The summed E-state index contributed by atoms with van der Waals surface area (Å²) in [5, 5.41) is 19.3. The van der Waals surface area contributed by atoms with Crippen LogP contribution < -0.4 is 0 Å². The highest BCUT2D eigenvalue weighted by Gasteiger charge is 2.24. The Labute approximate surface area is 140 Å². The van der Waals surface area contributed by atoms with Crippen LogP contribution in [0, 0.1) is 22.7 Å². The average Bonchev–Trinajstić information content (AvgIpc) is 2.59. The van der Waals surface area contributed by atoms with Crippen molar-refractivity contribution in [2.24, 2.45) is 0 Å². The van der Waals surface area contributed by atoms with E-state index in [0.29, 0.717) is 16.3 Å². The van der Waals surface area contributed by atoms with E-state index in [4.69, 9.17) is 10.2 Å². The molecule has 4 nitrogen and oxygen atoms in total. The summed E-state index contributed by atoms with van der Waals surface area (Å²) < 4.78 is 0. The fraction of sp³-hybridized carbons (Fsp3) is 0.278. The largest absolute Gasteiger partial charge is 0.302 e. The van der Waals surface area contributed by atoms with E-state index in [0.717, 1.165) is 41.9 Å². The molecule has 1 aromatic carbocycles. The van der Waals surface area contributed by atoms with Crippen LogP contribution >= 0.6 is 11.8 Å². The van der Waals surface area contributed by atoms with Gasteiger partial charge in [0.2, 0.25) is 0 Å². The highest BCUT2D eigenvalue weighted by atomic mass is 32.2. The van der Waals surface area contributed by atoms with Crippen LogP contribution in [0.1, 0.15) is 16.8 Å². The second-order valence-corrected chi connectivity index (χ2v) is 6.47. The molecule has 23 heavy (non-hydrogen) atoms. The summed E-state index contributed by atoms with van der Waals surface area (Å²) in [7, 11) is 2.09. The SMILES string of the molecule is CN1CCc2nc(SCC#N)c(C#N)c(-c3ccccc3)c2C1. The molecule has 5 heteroatoms. The minimum Gasteiger partial charge on any atom is -0.302 e. The van der Waals surface area contributed by atoms with Crippen LogP contribution in [0.4, 0.5) is 0 Å². The third-order valence-corrected chi connectivity index (χ3v) is 4.80. The highest BCUT2D eigenvalue weighted by molar-refractivity contribution is 7.99. The number of pyridine rings is 1. The topological polar surface area (TPSA) is 63.7 Å². The first-order valence-electron chi connectivity index (χ1n) is 7.44. The van der Waals surface area contributed by atoms with Gasteiger partial charge in [-0.05, 0) is 18.2 Å². The third-order valence-electron chi connectivity index (χ3n) is 3.96. The monoisotopic (exact) mass is 320 g/mol. The summed E-state index contributed by atoms with van der Waals surface area (Å²) in [6.45, 7) is 1.76. The van der Waals surface area contributed by atoms with Crippen molar-refractivity contribution in [2.75, 3.05) is 19.3 Å². The van der Waals surface area contributed by atoms with Gasteiger partial charge in [-0.2, -0.15) is 10.5 Å². The summed E-state index contributed by atoms with van der Waals surface area (Å²) in [5.74, 6) is 0.300. The number of aromatic nitrogens is 1.